The van der Waals surface area contributed by atoms with E-state index in [9.17, 15) is 22.4 Å². The Kier molecular flexibility index (Phi) is 3.75. The number of ketones is 1. The van der Waals surface area contributed by atoms with Gasteiger partial charge in [0, 0.05) is 11.6 Å². The molecule has 0 N–H and O–H groups in total. The van der Waals surface area contributed by atoms with Gasteiger partial charge in [-0.2, -0.15) is 13.2 Å². The zero-order valence-corrected chi connectivity index (χ0v) is 9.14. The maximum atomic E-state index is 13.0. The first kappa shape index (κ1) is 13.5. The Labute approximate surface area is 95.2 Å². The number of hydrogen-bond donors (Lipinski definition) is 0. The van der Waals surface area contributed by atoms with Crippen LogP contribution in [-0.4, -0.2) is 18.1 Å². The lowest BCUT2D eigenvalue weighted by Crippen LogP contribution is -2.23. The monoisotopic (exact) mass is 250 g/mol. The summed E-state index contributed by atoms with van der Waals surface area (Å²) in [5.74, 6) is -3.14. The number of benzene rings is 1. The number of Topliss-reactive ketones (excluding diaryl/α,β-unsaturated/α-hetero) is 1. The summed E-state index contributed by atoms with van der Waals surface area (Å²) in [5.41, 5.74) is -0.770. The van der Waals surface area contributed by atoms with Crippen molar-refractivity contribution in [3.8, 4) is 5.75 Å². The summed E-state index contributed by atoms with van der Waals surface area (Å²) in [5, 5.41) is 0. The van der Waals surface area contributed by atoms with E-state index in [0.717, 1.165) is 12.1 Å². The third kappa shape index (κ3) is 3.72. The zero-order valence-electron chi connectivity index (χ0n) is 9.14. The molecule has 94 valence electrons. The molecule has 0 aromatic heterocycles. The van der Waals surface area contributed by atoms with E-state index in [1.54, 1.807) is 13.8 Å². The van der Waals surface area contributed by atoms with Gasteiger partial charge in [-0.3, -0.25) is 4.79 Å². The number of carbonyl (C=O) groups excluding carboxylic acids is 1. The summed E-state index contributed by atoms with van der Waals surface area (Å²) >= 11 is 0. The Morgan fingerprint density at radius 3 is 2.29 bits per heavy atom. The average Bonchev–Trinajstić information content (AvgIpc) is 2.12. The molecule has 0 saturated heterocycles. The third-order valence-electron chi connectivity index (χ3n) is 1.76. The van der Waals surface area contributed by atoms with Gasteiger partial charge in [-0.1, -0.05) is 0 Å². The smallest absolute Gasteiger partial charge is 0.454 e. The van der Waals surface area contributed by atoms with Crippen LogP contribution in [0.4, 0.5) is 17.6 Å². The van der Waals surface area contributed by atoms with E-state index in [1.165, 1.54) is 0 Å². The Morgan fingerprint density at radius 2 is 1.82 bits per heavy atom. The highest BCUT2D eigenvalue weighted by Crippen LogP contribution is 2.25. The van der Waals surface area contributed by atoms with Crippen molar-refractivity contribution in [1.29, 1.82) is 0 Å². The molecule has 6 heteroatoms. The van der Waals surface area contributed by atoms with Crippen LogP contribution in [0.3, 0.4) is 0 Å². The Hall–Kier alpha value is -1.59. The normalized spacial score (nSPS) is 11.7. The van der Waals surface area contributed by atoms with E-state index in [0.29, 0.717) is 6.07 Å². The molecule has 0 bridgehead atoms. The molecule has 2 nitrogen and oxygen atoms in total. The van der Waals surface area contributed by atoms with Crippen LogP contribution in [0.5, 0.6) is 5.75 Å². The molecule has 1 aromatic rings. The maximum absolute atomic E-state index is 13.0. The zero-order chi connectivity index (χ0) is 13.2. The largest absolute Gasteiger partial charge is 0.491 e. The first-order chi connectivity index (χ1) is 7.70. The molecule has 0 aliphatic carbocycles. The lowest BCUT2D eigenvalue weighted by Gasteiger charge is -2.11. The number of alkyl halides is 3. The summed E-state index contributed by atoms with van der Waals surface area (Å²) in [6.07, 6.45) is -5.35. The molecule has 0 unspecified atom stereocenters. The van der Waals surface area contributed by atoms with Crippen molar-refractivity contribution in [2.24, 2.45) is 0 Å². The van der Waals surface area contributed by atoms with Crippen molar-refractivity contribution < 1.29 is 27.1 Å². The molecular weight excluding hydrogens is 240 g/mol. The second-order valence-electron chi connectivity index (χ2n) is 3.67. The molecule has 0 aliphatic heterocycles. The molecule has 1 aromatic carbocycles. The highest BCUT2D eigenvalue weighted by molar-refractivity contribution is 6.00. The van der Waals surface area contributed by atoms with Crippen LogP contribution in [0, 0.1) is 5.82 Å². The predicted octanol–water partition coefficient (Wildman–Crippen LogP) is 3.36. The lowest BCUT2D eigenvalue weighted by molar-refractivity contribution is -0.0885. The van der Waals surface area contributed by atoms with Gasteiger partial charge in [0.2, 0.25) is 0 Å². The standard InChI is InChI=1S/C11H10F4O2/c1-6(2)17-9-4-7(3-8(12)5-9)10(16)11(13,14)15/h3-6H,1-2H3. The van der Waals surface area contributed by atoms with E-state index in [2.05, 4.69) is 0 Å². The molecule has 0 spiro atoms. The van der Waals surface area contributed by atoms with Crippen LogP contribution in [-0.2, 0) is 0 Å². The number of hydrogen-bond acceptors (Lipinski definition) is 2. The quantitative estimate of drug-likeness (QED) is 0.607. The third-order valence-corrected chi connectivity index (χ3v) is 1.76. The van der Waals surface area contributed by atoms with Crippen LogP contribution < -0.4 is 4.74 Å². The topological polar surface area (TPSA) is 26.3 Å². The van der Waals surface area contributed by atoms with E-state index < -0.39 is 23.3 Å². The number of rotatable bonds is 3. The Balaban J connectivity index is 3.09. The number of ether oxygens (including phenoxy) is 1. The van der Waals surface area contributed by atoms with E-state index in [4.69, 9.17) is 4.74 Å². The van der Waals surface area contributed by atoms with E-state index >= 15 is 0 Å². The molecule has 0 heterocycles. The van der Waals surface area contributed by atoms with Crippen molar-refractivity contribution >= 4 is 5.78 Å². The first-order valence-electron chi connectivity index (χ1n) is 4.79. The second-order valence-corrected chi connectivity index (χ2v) is 3.67. The van der Waals surface area contributed by atoms with Gasteiger partial charge in [0.1, 0.15) is 11.6 Å². The molecule has 0 atom stereocenters. The van der Waals surface area contributed by atoms with Crippen LogP contribution in [0.2, 0.25) is 0 Å². The fraction of sp³-hybridized carbons (Fsp3) is 0.364. The van der Waals surface area contributed by atoms with Crippen LogP contribution in [0.1, 0.15) is 24.2 Å². The van der Waals surface area contributed by atoms with Crippen molar-refractivity contribution in [1.82, 2.24) is 0 Å². The first-order valence-corrected chi connectivity index (χ1v) is 4.79. The summed E-state index contributed by atoms with van der Waals surface area (Å²) in [4.78, 5) is 10.9. The van der Waals surface area contributed by atoms with E-state index in [1.807, 2.05) is 0 Å². The van der Waals surface area contributed by atoms with Gasteiger partial charge in [-0.25, -0.2) is 4.39 Å². The summed E-state index contributed by atoms with van der Waals surface area (Å²) in [6.45, 7) is 3.27. The minimum Gasteiger partial charge on any atom is -0.491 e. The van der Waals surface area contributed by atoms with Crippen LogP contribution in [0.25, 0.3) is 0 Å². The molecule has 0 aliphatic rings. The Bertz CT molecular complexity index is 424. The maximum Gasteiger partial charge on any atom is 0.454 e. The van der Waals surface area contributed by atoms with Crippen molar-refractivity contribution in [2.45, 2.75) is 26.1 Å². The van der Waals surface area contributed by atoms with E-state index in [-0.39, 0.29) is 11.9 Å². The van der Waals surface area contributed by atoms with Crippen molar-refractivity contribution in [3.05, 3.63) is 29.6 Å². The fourth-order valence-electron chi connectivity index (χ4n) is 1.20. The predicted molar refractivity (Wildman–Crippen MR) is 52.5 cm³/mol. The molecule has 1 rings (SSSR count). The van der Waals surface area contributed by atoms with Gasteiger partial charge in [0.05, 0.1) is 6.10 Å². The minimum absolute atomic E-state index is 0.104. The second kappa shape index (κ2) is 4.73. The van der Waals surface area contributed by atoms with Crippen molar-refractivity contribution in [2.75, 3.05) is 0 Å². The molecule has 0 saturated carbocycles. The number of carbonyl (C=O) groups is 1. The summed E-state index contributed by atoms with van der Waals surface area (Å²) < 4.78 is 54.5. The van der Waals surface area contributed by atoms with Gasteiger partial charge >= 0.3 is 6.18 Å². The van der Waals surface area contributed by atoms with Crippen LogP contribution in [0.15, 0.2) is 18.2 Å². The van der Waals surface area contributed by atoms with Gasteiger partial charge in [-0.15, -0.1) is 0 Å². The number of halogens is 4. The van der Waals surface area contributed by atoms with Crippen molar-refractivity contribution in [3.63, 3.8) is 0 Å². The fourth-order valence-corrected chi connectivity index (χ4v) is 1.20. The SMILES string of the molecule is CC(C)Oc1cc(F)cc(C(=O)C(F)(F)F)c1. The average molecular weight is 250 g/mol. The molecular formula is C11H10F4O2. The summed E-state index contributed by atoms with van der Waals surface area (Å²) in [7, 11) is 0. The molecule has 17 heavy (non-hydrogen) atoms. The lowest BCUT2D eigenvalue weighted by atomic mass is 10.1. The van der Waals surface area contributed by atoms with Gasteiger partial charge in [0.15, 0.2) is 0 Å². The van der Waals surface area contributed by atoms with Gasteiger partial charge in [-0.05, 0) is 26.0 Å². The minimum atomic E-state index is -5.02. The molecule has 0 fully saturated rings. The highest BCUT2D eigenvalue weighted by Gasteiger charge is 2.39. The van der Waals surface area contributed by atoms with Gasteiger partial charge in [0.25, 0.3) is 5.78 Å². The Morgan fingerprint density at radius 1 is 1.24 bits per heavy atom. The highest BCUT2D eigenvalue weighted by atomic mass is 19.4. The van der Waals surface area contributed by atoms with Crippen LogP contribution >= 0.6 is 0 Å². The molecule has 0 amide bonds. The summed E-state index contributed by atoms with van der Waals surface area (Å²) in [6, 6.07) is 2.33. The molecule has 0 radical (unpaired) electrons. The van der Waals surface area contributed by atoms with Gasteiger partial charge < -0.3 is 4.74 Å².